The number of anilines is 1. The molecule has 20 heavy (non-hydrogen) atoms. The van der Waals surface area contributed by atoms with Crippen molar-refractivity contribution in [2.45, 2.75) is 0 Å². The molecule has 1 aromatic heterocycles. The summed E-state index contributed by atoms with van der Waals surface area (Å²) in [5.41, 5.74) is 1.43. The van der Waals surface area contributed by atoms with Gasteiger partial charge in [0.1, 0.15) is 5.75 Å². The molecule has 1 N–H and O–H groups in total. The zero-order valence-corrected chi connectivity index (χ0v) is 11.6. The molecule has 0 spiro atoms. The number of carbonyl (C=O) groups excluding carboxylic acids is 1. The van der Waals surface area contributed by atoms with E-state index in [0.29, 0.717) is 16.5 Å². The number of benzene rings is 1. The second kappa shape index (κ2) is 6.73. The van der Waals surface area contributed by atoms with Gasteiger partial charge in [-0.05, 0) is 42.0 Å². The molecule has 0 saturated heterocycles. The Balaban J connectivity index is 2.08. The quantitative estimate of drug-likeness (QED) is 0.877. The van der Waals surface area contributed by atoms with E-state index in [-0.39, 0.29) is 5.91 Å². The molecule has 0 aliphatic heterocycles. The first-order valence-corrected chi connectivity index (χ1v) is 6.29. The van der Waals surface area contributed by atoms with Gasteiger partial charge in [0.2, 0.25) is 5.91 Å². The number of methoxy groups -OCH3 is 1. The van der Waals surface area contributed by atoms with Crippen molar-refractivity contribution < 1.29 is 9.53 Å². The highest BCUT2D eigenvalue weighted by Crippen LogP contribution is 2.27. The molecule has 2 rings (SSSR count). The van der Waals surface area contributed by atoms with Crippen LogP contribution in [0.4, 0.5) is 5.69 Å². The molecule has 0 aliphatic rings. The van der Waals surface area contributed by atoms with Gasteiger partial charge in [0.15, 0.2) is 0 Å². The van der Waals surface area contributed by atoms with Gasteiger partial charge >= 0.3 is 0 Å². The first-order valence-electron chi connectivity index (χ1n) is 5.91. The number of pyridine rings is 1. The normalized spacial score (nSPS) is 10.5. The summed E-state index contributed by atoms with van der Waals surface area (Å²) in [5.74, 6) is 0.294. The first kappa shape index (κ1) is 14.1. The van der Waals surface area contributed by atoms with Crippen LogP contribution in [0.25, 0.3) is 6.08 Å². The maximum atomic E-state index is 11.9. The number of aromatic nitrogens is 1. The second-order valence-electron chi connectivity index (χ2n) is 3.95. The SMILES string of the molecule is COc1ccc(Cl)cc1NC(=O)C=Cc1ccncc1. The highest BCUT2D eigenvalue weighted by atomic mass is 35.5. The Labute approximate surface area is 122 Å². The predicted octanol–water partition coefficient (Wildman–Crippen LogP) is 3.40. The Morgan fingerprint density at radius 3 is 2.75 bits per heavy atom. The van der Waals surface area contributed by atoms with Gasteiger partial charge in [-0.25, -0.2) is 0 Å². The van der Waals surface area contributed by atoms with Crippen LogP contribution >= 0.6 is 11.6 Å². The summed E-state index contributed by atoms with van der Waals surface area (Å²) in [6.45, 7) is 0. The van der Waals surface area contributed by atoms with Crippen molar-refractivity contribution in [3.05, 3.63) is 59.4 Å². The van der Waals surface area contributed by atoms with Crippen LogP contribution in [0.5, 0.6) is 5.75 Å². The Hall–Kier alpha value is -2.33. The van der Waals surface area contributed by atoms with Gasteiger partial charge in [-0.2, -0.15) is 0 Å². The van der Waals surface area contributed by atoms with E-state index in [2.05, 4.69) is 10.3 Å². The Morgan fingerprint density at radius 1 is 1.30 bits per heavy atom. The largest absolute Gasteiger partial charge is 0.495 e. The van der Waals surface area contributed by atoms with Crippen molar-refractivity contribution in [3.8, 4) is 5.75 Å². The smallest absolute Gasteiger partial charge is 0.248 e. The molecule has 0 fully saturated rings. The van der Waals surface area contributed by atoms with Gasteiger partial charge in [0.25, 0.3) is 0 Å². The molecular formula is C15H13ClN2O2. The van der Waals surface area contributed by atoms with E-state index in [0.717, 1.165) is 5.56 Å². The fraction of sp³-hybridized carbons (Fsp3) is 0.0667. The Kier molecular flexibility index (Phi) is 4.74. The number of hydrogen-bond acceptors (Lipinski definition) is 3. The van der Waals surface area contributed by atoms with Crippen molar-refractivity contribution in [1.29, 1.82) is 0 Å². The van der Waals surface area contributed by atoms with Gasteiger partial charge in [-0.15, -0.1) is 0 Å². The fourth-order valence-electron chi connectivity index (χ4n) is 1.60. The third-order valence-electron chi connectivity index (χ3n) is 2.55. The summed E-state index contributed by atoms with van der Waals surface area (Å²) in [7, 11) is 1.53. The average Bonchev–Trinajstić information content (AvgIpc) is 2.46. The topological polar surface area (TPSA) is 51.2 Å². The molecule has 0 aliphatic carbocycles. The lowest BCUT2D eigenvalue weighted by Crippen LogP contribution is -2.08. The minimum atomic E-state index is -0.262. The van der Waals surface area contributed by atoms with Crippen molar-refractivity contribution in [2.24, 2.45) is 0 Å². The lowest BCUT2D eigenvalue weighted by molar-refractivity contribution is -0.111. The third-order valence-corrected chi connectivity index (χ3v) is 2.79. The summed E-state index contributed by atoms with van der Waals surface area (Å²) in [5, 5.41) is 3.25. The minimum Gasteiger partial charge on any atom is -0.495 e. The van der Waals surface area contributed by atoms with Crippen molar-refractivity contribution in [2.75, 3.05) is 12.4 Å². The molecule has 0 saturated carbocycles. The van der Waals surface area contributed by atoms with Crippen LogP contribution in [-0.4, -0.2) is 18.0 Å². The van der Waals surface area contributed by atoms with Crippen LogP contribution in [0.15, 0.2) is 48.8 Å². The van der Waals surface area contributed by atoms with Gasteiger partial charge in [0, 0.05) is 23.5 Å². The van der Waals surface area contributed by atoms with Crippen LogP contribution in [0.2, 0.25) is 5.02 Å². The maximum Gasteiger partial charge on any atom is 0.248 e. The van der Waals surface area contributed by atoms with E-state index in [1.165, 1.54) is 13.2 Å². The molecule has 1 heterocycles. The monoisotopic (exact) mass is 288 g/mol. The number of rotatable bonds is 4. The molecule has 102 valence electrons. The lowest BCUT2D eigenvalue weighted by Gasteiger charge is -2.08. The number of ether oxygens (including phenoxy) is 1. The minimum absolute atomic E-state index is 0.262. The van der Waals surface area contributed by atoms with E-state index in [1.807, 2.05) is 12.1 Å². The summed E-state index contributed by atoms with van der Waals surface area (Å²) < 4.78 is 5.16. The van der Waals surface area contributed by atoms with Gasteiger partial charge in [-0.3, -0.25) is 9.78 Å². The van der Waals surface area contributed by atoms with Crippen LogP contribution in [0.1, 0.15) is 5.56 Å². The van der Waals surface area contributed by atoms with E-state index in [4.69, 9.17) is 16.3 Å². The molecule has 2 aromatic rings. The Bertz CT molecular complexity index is 627. The molecular weight excluding hydrogens is 276 g/mol. The molecule has 0 bridgehead atoms. The number of amides is 1. The molecule has 0 atom stereocenters. The molecule has 4 nitrogen and oxygen atoms in total. The number of nitrogens with zero attached hydrogens (tertiary/aromatic N) is 1. The number of nitrogens with one attached hydrogen (secondary N) is 1. The van der Waals surface area contributed by atoms with Crippen molar-refractivity contribution >= 4 is 29.3 Å². The molecule has 1 amide bonds. The van der Waals surface area contributed by atoms with Crippen molar-refractivity contribution in [1.82, 2.24) is 4.98 Å². The Morgan fingerprint density at radius 2 is 2.05 bits per heavy atom. The number of carbonyl (C=O) groups is 1. The van der Waals surface area contributed by atoms with Gasteiger partial charge in [0.05, 0.1) is 12.8 Å². The van der Waals surface area contributed by atoms with E-state index in [9.17, 15) is 4.79 Å². The highest BCUT2D eigenvalue weighted by molar-refractivity contribution is 6.31. The average molecular weight is 289 g/mol. The van der Waals surface area contributed by atoms with E-state index >= 15 is 0 Å². The van der Waals surface area contributed by atoms with Gasteiger partial charge in [-0.1, -0.05) is 11.6 Å². The molecule has 1 aromatic carbocycles. The standard InChI is InChI=1S/C15H13ClN2O2/c1-20-14-4-3-12(16)10-13(14)18-15(19)5-2-11-6-8-17-9-7-11/h2-10H,1H3,(H,18,19). The second-order valence-corrected chi connectivity index (χ2v) is 4.38. The fourth-order valence-corrected chi connectivity index (χ4v) is 1.77. The lowest BCUT2D eigenvalue weighted by atomic mass is 10.2. The maximum absolute atomic E-state index is 11.9. The van der Waals surface area contributed by atoms with Crippen LogP contribution in [0, 0.1) is 0 Å². The summed E-state index contributed by atoms with van der Waals surface area (Å²) in [4.78, 5) is 15.8. The number of hydrogen-bond donors (Lipinski definition) is 1. The van der Waals surface area contributed by atoms with Crippen molar-refractivity contribution in [3.63, 3.8) is 0 Å². The molecule has 0 unspecified atom stereocenters. The highest BCUT2D eigenvalue weighted by Gasteiger charge is 2.06. The van der Waals surface area contributed by atoms with E-state index in [1.54, 1.807) is 36.7 Å². The summed E-state index contributed by atoms with van der Waals surface area (Å²) in [6.07, 6.45) is 6.47. The zero-order chi connectivity index (χ0) is 14.4. The van der Waals surface area contributed by atoms with E-state index < -0.39 is 0 Å². The van der Waals surface area contributed by atoms with Crippen LogP contribution in [0.3, 0.4) is 0 Å². The number of halogens is 1. The van der Waals surface area contributed by atoms with Crippen LogP contribution < -0.4 is 10.1 Å². The summed E-state index contributed by atoms with van der Waals surface area (Å²) in [6, 6.07) is 8.65. The van der Waals surface area contributed by atoms with Crippen LogP contribution in [-0.2, 0) is 4.79 Å². The molecule has 5 heteroatoms. The third kappa shape index (κ3) is 3.83. The van der Waals surface area contributed by atoms with Gasteiger partial charge < -0.3 is 10.1 Å². The summed E-state index contributed by atoms with van der Waals surface area (Å²) >= 11 is 5.90. The first-order chi connectivity index (χ1) is 9.69. The molecule has 0 radical (unpaired) electrons. The predicted molar refractivity (Wildman–Crippen MR) is 79.9 cm³/mol. The zero-order valence-electron chi connectivity index (χ0n) is 10.8.